The largest absolute Gasteiger partial charge is 0.497 e. The molecule has 0 bridgehead atoms. The van der Waals surface area contributed by atoms with Crippen LogP contribution in [0.5, 0.6) is 5.75 Å². The van der Waals surface area contributed by atoms with Gasteiger partial charge in [-0.25, -0.2) is 0 Å². The van der Waals surface area contributed by atoms with E-state index in [2.05, 4.69) is 0 Å². The molecule has 0 saturated heterocycles. The molecule has 0 aliphatic heterocycles. The van der Waals surface area contributed by atoms with Crippen molar-refractivity contribution in [3.05, 3.63) is 29.8 Å². The summed E-state index contributed by atoms with van der Waals surface area (Å²) >= 11 is 0. The third-order valence-electron chi connectivity index (χ3n) is 2.54. The number of hydrogen-bond acceptors (Lipinski definition) is 5. The first-order chi connectivity index (χ1) is 8.71. The summed E-state index contributed by atoms with van der Waals surface area (Å²) in [6, 6.07) is 9.15. The monoisotopic (exact) mass is 248 g/mol. The molecule has 1 rings (SSSR count). The van der Waals surface area contributed by atoms with E-state index in [1.165, 1.54) is 0 Å². The van der Waals surface area contributed by atoms with Crippen LogP contribution in [-0.4, -0.2) is 26.2 Å². The molecule has 1 aromatic carbocycles. The van der Waals surface area contributed by atoms with Gasteiger partial charge in [-0.2, -0.15) is 5.26 Å². The Morgan fingerprint density at radius 2 is 2.11 bits per heavy atom. The van der Waals surface area contributed by atoms with Crippen molar-refractivity contribution in [1.82, 2.24) is 0 Å². The van der Waals surface area contributed by atoms with E-state index in [1.54, 1.807) is 13.2 Å². The highest BCUT2D eigenvalue weighted by molar-refractivity contribution is 5.73. The fourth-order valence-corrected chi connectivity index (χ4v) is 1.53. The third-order valence-corrected chi connectivity index (χ3v) is 2.54. The van der Waals surface area contributed by atoms with Crippen LogP contribution < -0.4 is 10.5 Å². The molecule has 5 heteroatoms. The second-order valence-electron chi connectivity index (χ2n) is 3.75. The normalized spacial score (nSPS) is 11.4. The number of nitrogens with zero attached hydrogens (tertiary/aromatic N) is 1. The molecule has 0 aromatic heterocycles. The summed E-state index contributed by atoms with van der Waals surface area (Å²) in [5.41, 5.74) is 6.51. The van der Waals surface area contributed by atoms with Crippen molar-refractivity contribution in [2.45, 2.75) is 6.42 Å². The number of nitrogens with two attached hydrogens (primary N) is 1. The number of nitriles is 1. The summed E-state index contributed by atoms with van der Waals surface area (Å²) < 4.78 is 9.81. The van der Waals surface area contributed by atoms with Crippen molar-refractivity contribution < 1.29 is 14.3 Å². The van der Waals surface area contributed by atoms with Gasteiger partial charge in [0.15, 0.2) is 6.61 Å². The van der Waals surface area contributed by atoms with Crippen molar-refractivity contribution in [2.75, 3.05) is 20.3 Å². The van der Waals surface area contributed by atoms with Crippen LogP contribution in [0, 0.1) is 17.2 Å². The highest BCUT2D eigenvalue weighted by atomic mass is 16.5. The molecule has 18 heavy (non-hydrogen) atoms. The van der Waals surface area contributed by atoms with Crippen LogP contribution in [0.2, 0.25) is 0 Å². The SMILES string of the molecule is COc1ccc(CC(CN)C(=O)OCC#N)cc1. The van der Waals surface area contributed by atoms with Gasteiger partial charge in [0.2, 0.25) is 0 Å². The van der Waals surface area contributed by atoms with Crippen molar-refractivity contribution in [2.24, 2.45) is 11.7 Å². The van der Waals surface area contributed by atoms with Crippen LogP contribution >= 0.6 is 0 Å². The van der Waals surface area contributed by atoms with Gasteiger partial charge in [-0.1, -0.05) is 12.1 Å². The molecule has 5 nitrogen and oxygen atoms in total. The molecule has 0 heterocycles. The van der Waals surface area contributed by atoms with E-state index in [1.807, 2.05) is 24.3 Å². The summed E-state index contributed by atoms with van der Waals surface area (Å²) in [4.78, 5) is 11.6. The van der Waals surface area contributed by atoms with E-state index in [9.17, 15) is 4.79 Å². The zero-order valence-corrected chi connectivity index (χ0v) is 10.3. The molecule has 0 aliphatic rings. The second kappa shape index (κ2) is 7.30. The van der Waals surface area contributed by atoms with E-state index in [-0.39, 0.29) is 13.2 Å². The zero-order valence-electron chi connectivity index (χ0n) is 10.3. The van der Waals surface area contributed by atoms with Crippen molar-refractivity contribution in [3.8, 4) is 11.8 Å². The molecule has 1 unspecified atom stereocenters. The van der Waals surface area contributed by atoms with Gasteiger partial charge in [0.05, 0.1) is 13.0 Å². The average Bonchev–Trinajstić information content (AvgIpc) is 2.42. The van der Waals surface area contributed by atoms with Crippen LogP contribution in [0.15, 0.2) is 24.3 Å². The quantitative estimate of drug-likeness (QED) is 0.755. The van der Waals surface area contributed by atoms with Gasteiger partial charge in [-0.15, -0.1) is 0 Å². The van der Waals surface area contributed by atoms with Gasteiger partial charge < -0.3 is 15.2 Å². The predicted octanol–water partition coefficient (Wildman–Crippen LogP) is 0.879. The zero-order chi connectivity index (χ0) is 13.4. The minimum Gasteiger partial charge on any atom is -0.497 e. The highest BCUT2D eigenvalue weighted by Gasteiger charge is 2.18. The Hall–Kier alpha value is -2.06. The summed E-state index contributed by atoms with van der Waals surface area (Å²) in [5.74, 6) is -0.100. The minimum atomic E-state index is -0.435. The minimum absolute atomic E-state index is 0.191. The average molecular weight is 248 g/mol. The summed E-state index contributed by atoms with van der Waals surface area (Å²) in [6.45, 7) is -0.0474. The Morgan fingerprint density at radius 1 is 1.44 bits per heavy atom. The van der Waals surface area contributed by atoms with Crippen molar-refractivity contribution in [1.29, 1.82) is 5.26 Å². The lowest BCUT2D eigenvalue weighted by molar-refractivity contribution is -0.146. The van der Waals surface area contributed by atoms with Gasteiger partial charge in [-0.3, -0.25) is 4.79 Å². The highest BCUT2D eigenvalue weighted by Crippen LogP contribution is 2.15. The smallest absolute Gasteiger partial charge is 0.311 e. The molecule has 0 spiro atoms. The van der Waals surface area contributed by atoms with E-state index < -0.39 is 11.9 Å². The predicted molar refractivity (Wildman–Crippen MR) is 65.8 cm³/mol. The first kappa shape index (κ1) is 14.0. The van der Waals surface area contributed by atoms with E-state index in [4.69, 9.17) is 20.5 Å². The molecule has 0 radical (unpaired) electrons. The number of esters is 1. The molecular formula is C13H16N2O3. The Kier molecular flexibility index (Phi) is 5.68. The van der Waals surface area contributed by atoms with E-state index in [0.717, 1.165) is 11.3 Å². The number of ether oxygens (including phenoxy) is 2. The second-order valence-corrected chi connectivity index (χ2v) is 3.75. The number of carbonyl (C=O) groups excluding carboxylic acids is 1. The van der Waals surface area contributed by atoms with E-state index in [0.29, 0.717) is 6.42 Å². The summed E-state index contributed by atoms with van der Waals surface area (Å²) in [7, 11) is 1.59. The number of hydrogen-bond donors (Lipinski definition) is 1. The van der Waals surface area contributed by atoms with Gasteiger partial charge in [0, 0.05) is 6.54 Å². The lowest BCUT2D eigenvalue weighted by Crippen LogP contribution is -2.27. The van der Waals surface area contributed by atoms with E-state index >= 15 is 0 Å². The van der Waals surface area contributed by atoms with Crippen LogP contribution in [0.4, 0.5) is 0 Å². The molecular weight excluding hydrogens is 232 g/mol. The van der Waals surface area contributed by atoms with Crippen LogP contribution in [0.1, 0.15) is 5.56 Å². The number of benzene rings is 1. The standard InChI is InChI=1S/C13H16N2O3/c1-17-12-4-2-10(3-5-12)8-11(9-15)13(16)18-7-6-14/h2-5,11H,7-9,15H2,1H3. The lowest BCUT2D eigenvalue weighted by atomic mass is 9.99. The first-order valence-electron chi connectivity index (χ1n) is 5.57. The van der Waals surface area contributed by atoms with Crippen LogP contribution in [0.3, 0.4) is 0 Å². The maximum atomic E-state index is 11.6. The van der Waals surface area contributed by atoms with Crippen molar-refractivity contribution >= 4 is 5.97 Å². The molecule has 96 valence electrons. The third kappa shape index (κ3) is 4.07. The van der Waals surface area contributed by atoms with Gasteiger partial charge >= 0.3 is 5.97 Å². The molecule has 0 saturated carbocycles. The number of carbonyl (C=O) groups is 1. The van der Waals surface area contributed by atoms with Crippen molar-refractivity contribution in [3.63, 3.8) is 0 Å². The number of methoxy groups -OCH3 is 1. The summed E-state index contributed by atoms with van der Waals surface area (Å²) in [6.07, 6.45) is 0.491. The maximum absolute atomic E-state index is 11.6. The Balaban J connectivity index is 2.61. The Morgan fingerprint density at radius 3 is 2.61 bits per heavy atom. The van der Waals surface area contributed by atoms with Gasteiger partial charge in [-0.05, 0) is 24.1 Å². The molecule has 0 fully saturated rings. The Bertz CT molecular complexity index is 423. The van der Waals surface area contributed by atoms with Crippen LogP contribution in [-0.2, 0) is 16.0 Å². The lowest BCUT2D eigenvalue weighted by Gasteiger charge is -2.13. The Labute approximate surface area is 106 Å². The first-order valence-corrected chi connectivity index (χ1v) is 5.57. The molecule has 1 aromatic rings. The van der Waals surface area contributed by atoms with Crippen LogP contribution in [0.25, 0.3) is 0 Å². The molecule has 2 N–H and O–H groups in total. The molecule has 0 aliphatic carbocycles. The fraction of sp³-hybridized carbons (Fsp3) is 0.385. The van der Waals surface area contributed by atoms with Gasteiger partial charge in [0.25, 0.3) is 0 Å². The summed E-state index contributed by atoms with van der Waals surface area (Å²) in [5, 5.41) is 8.34. The topological polar surface area (TPSA) is 85.3 Å². The maximum Gasteiger partial charge on any atom is 0.311 e. The number of rotatable bonds is 6. The molecule has 0 amide bonds. The van der Waals surface area contributed by atoms with Gasteiger partial charge in [0.1, 0.15) is 11.8 Å². The fourth-order valence-electron chi connectivity index (χ4n) is 1.53. The molecule has 1 atom stereocenters.